The monoisotopic (exact) mass is 304 g/mol. The number of fused-ring (bicyclic) bond motifs is 1. The molecule has 1 aromatic carbocycles. The van der Waals surface area contributed by atoms with E-state index in [0.29, 0.717) is 17.8 Å². The number of pyridine rings is 1. The maximum Gasteiger partial charge on any atom is 0.491 e. The van der Waals surface area contributed by atoms with Crippen LogP contribution in [0.4, 0.5) is 5.69 Å². The van der Waals surface area contributed by atoms with Gasteiger partial charge in [0.15, 0.2) is 5.03 Å². The first-order valence-electron chi connectivity index (χ1n) is 6.34. The van der Waals surface area contributed by atoms with Gasteiger partial charge in [-0.25, -0.2) is 4.98 Å². The van der Waals surface area contributed by atoms with Crippen LogP contribution < -0.4 is 10.2 Å². The fraction of sp³-hybridized carbons (Fsp3) is 0.154. The lowest BCUT2D eigenvalue weighted by Crippen LogP contribution is -2.28. The zero-order chi connectivity index (χ0) is 15.0. The second-order valence-corrected chi connectivity index (χ2v) is 6.48. The highest BCUT2D eigenvalue weighted by Gasteiger charge is 2.28. The summed E-state index contributed by atoms with van der Waals surface area (Å²) >= 11 is 0. The lowest BCUT2D eigenvalue weighted by Gasteiger charge is -2.09. The first kappa shape index (κ1) is 14.1. The number of hydrogen-bond donors (Lipinski definition) is 2. The smallest absolute Gasteiger partial charge is 0.423 e. The quantitative estimate of drug-likeness (QED) is 0.802. The number of nitrogens with one attached hydrogen (secondary N) is 1. The zero-order valence-electron chi connectivity index (χ0n) is 11.3. The van der Waals surface area contributed by atoms with Crippen LogP contribution in [0.2, 0.25) is 0 Å². The van der Waals surface area contributed by atoms with Gasteiger partial charge >= 0.3 is 7.12 Å². The molecule has 21 heavy (non-hydrogen) atoms. The number of anilines is 1. The van der Waals surface area contributed by atoms with Crippen molar-refractivity contribution in [1.29, 1.82) is 0 Å². The van der Waals surface area contributed by atoms with Gasteiger partial charge in [-0.1, -0.05) is 6.07 Å². The molecule has 0 bridgehead atoms. The van der Waals surface area contributed by atoms with E-state index in [2.05, 4.69) is 9.71 Å². The van der Waals surface area contributed by atoms with E-state index in [1.807, 2.05) is 0 Å². The van der Waals surface area contributed by atoms with Crippen molar-refractivity contribution in [2.75, 3.05) is 4.72 Å². The molecule has 0 atom stereocenters. The molecular formula is C13H13BN2O4S. The van der Waals surface area contributed by atoms with Gasteiger partial charge in [0, 0.05) is 11.9 Å². The summed E-state index contributed by atoms with van der Waals surface area (Å²) in [5.74, 6) is 0. The Morgan fingerprint density at radius 3 is 2.90 bits per heavy atom. The average Bonchev–Trinajstić information content (AvgIpc) is 2.80. The van der Waals surface area contributed by atoms with Crippen LogP contribution >= 0.6 is 0 Å². The molecule has 3 rings (SSSR count). The van der Waals surface area contributed by atoms with Crippen LogP contribution in [-0.2, 0) is 21.3 Å². The Morgan fingerprint density at radius 1 is 1.33 bits per heavy atom. The minimum Gasteiger partial charge on any atom is -0.423 e. The molecule has 8 heteroatoms. The molecule has 0 saturated carbocycles. The lowest BCUT2D eigenvalue weighted by atomic mass is 9.79. The Labute approximate surface area is 123 Å². The summed E-state index contributed by atoms with van der Waals surface area (Å²) in [6.45, 7) is 2.12. The molecule has 0 aliphatic carbocycles. The van der Waals surface area contributed by atoms with E-state index in [4.69, 9.17) is 4.65 Å². The van der Waals surface area contributed by atoms with Gasteiger partial charge < -0.3 is 9.68 Å². The summed E-state index contributed by atoms with van der Waals surface area (Å²) < 4.78 is 32.1. The van der Waals surface area contributed by atoms with Crippen molar-refractivity contribution in [3.05, 3.63) is 47.7 Å². The SMILES string of the molecule is Cc1ccnc(S(=O)(=O)Nc2ccc3c(c2)B(O)OC3)c1. The van der Waals surface area contributed by atoms with Crippen LogP contribution in [0.1, 0.15) is 11.1 Å². The van der Waals surface area contributed by atoms with Gasteiger partial charge in [0.2, 0.25) is 0 Å². The minimum atomic E-state index is -3.75. The Balaban J connectivity index is 1.91. The van der Waals surface area contributed by atoms with Crippen LogP contribution in [0.5, 0.6) is 0 Å². The van der Waals surface area contributed by atoms with Crippen molar-refractivity contribution in [2.45, 2.75) is 18.6 Å². The molecular weight excluding hydrogens is 291 g/mol. The van der Waals surface area contributed by atoms with E-state index >= 15 is 0 Å². The lowest BCUT2D eigenvalue weighted by molar-refractivity contribution is 0.275. The third kappa shape index (κ3) is 2.78. The van der Waals surface area contributed by atoms with Crippen molar-refractivity contribution in [1.82, 2.24) is 4.98 Å². The normalized spacial score (nSPS) is 14.1. The number of sulfonamides is 1. The van der Waals surface area contributed by atoms with Gasteiger partial charge in [0.1, 0.15) is 0 Å². The second kappa shape index (κ2) is 5.14. The maximum atomic E-state index is 12.3. The fourth-order valence-electron chi connectivity index (χ4n) is 2.14. The van der Waals surface area contributed by atoms with E-state index in [1.54, 1.807) is 31.2 Å². The van der Waals surface area contributed by atoms with Crippen LogP contribution in [0.3, 0.4) is 0 Å². The van der Waals surface area contributed by atoms with Crippen LogP contribution in [0, 0.1) is 6.92 Å². The molecule has 0 amide bonds. The molecule has 1 aromatic heterocycles. The van der Waals surface area contributed by atoms with Gasteiger partial charge in [-0.15, -0.1) is 0 Å². The van der Waals surface area contributed by atoms with E-state index in [-0.39, 0.29) is 5.03 Å². The molecule has 0 saturated heterocycles. The number of aryl methyl sites for hydroxylation is 1. The first-order valence-corrected chi connectivity index (χ1v) is 7.82. The van der Waals surface area contributed by atoms with Crippen molar-refractivity contribution >= 4 is 28.3 Å². The van der Waals surface area contributed by atoms with Gasteiger partial charge in [-0.3, -0.25) is 4.72 Å². The fourth-order valence-corrected chi connectivity index (χ4v) is 3.22. The topological polar surface area (TPSA) is 88.5 Å². The first-order chi connectivity index (χ1) is 9.95. The Hall–Kier alpha value is -1.90. The third-order valence-electron chi connectivity index (χ3n) is 3.23. The van der Waals surface area contributed by atoms with Gasteiger partial charge in [0.05, 0.1) is 6.61 Å². The molecule has 0 unspecified atom stereocenters. The van der Waals surface area contributed by atoms with E-state index in [9.17, 15) is 13.4 Å². The van der Waals surface area contributed by atoms with Gasteiger partial charge in [-0.05, 0) is 47.8 Å². The van der Waals surface area contributed by atoms with E-state index < -0.39 is 17.1 Å². The zero-order valence-corrected chi connectivity index (χ0v) is 12.1. The highest BCUT2D eigenvalue weighted by Crippen LogP contribution is 2.18. The summed E-state index contributed by atoms with van der Waals surface area (Å²) in [5.41, 5.74) is 2.59. The Kier molecular flexibility index (Phi) is 3.44. The number of aromatic nitrogens is 1. The largest absolute Gasteiger partial charge is 0.491 e. The number of nitrogens with zero attached hydrogens (tertiary/aromatic N) is 1. The summed E-state index contributed by atoms with van der Waals surface area (Å²) in [4.78, 5) is 3.87. The molecule has 6 nitrogen and oxygen atoms in total. The molecule has 2 N–H and O–H groups in total. The van der Waals surface area contributed by atoms with E-state index in [0.717, 1.165) is 11.1 Å². The molecule has 0 spiro atoms. The average molecular weight is 304 g/mol. The molecule has 108 valence electrons. The second-order valence-electron chi connectivity index (χ2n) is 4.85. The Bertz CT molecular complexity index is 795. The molecule has 0 fully saturated rings. The van der Waals surface area contributed by atoms with E-state index in [1.165, 1.54) is 12.3 Å². The van der Waals surface area contributed by atoms with Crippen LogP contribution in [-0.4, -0.2) is 25.5 Å². The number of hydrogen-bond acceptors (Lipinski definition) is 5. The summed E-state index contributed by atoms with van der Waals surface area (Å²) in [6.07, 6.45) is 1.45. The predicted molar refractivity (Wildman–Crippen MR) is 78.6 cm³/mol. The maximum absolute atomic E-state index is 12.3. The molecule has 2 heterocycles. The predicted octanol–water partition coefficient (Wildman–Crippen LogP) is 0.409. The highest BCUT2D eigenvalue weighted by molar-refractivity contribution is 7.92. The van der Waals surface area contributed by atoms with Gasteiger partial charge in [-0.2, -0.15) is 8.42 Å². The summed E-state index contributed by atoms with van der Waals surface area (Å²) in [5, 5.41) is 9.60. The number of rotatable bonds is 3. The van der Waals surface area contributed by atoms with Crippen LogP contribution in [0.25, 0.3) is 0 Å². The van der Waals surface area contributed by atoms with Gasteiger partial charge in [0.25, 0.3) is 10.0 Å². The molecule has 0 radical (unpaired) electrons. The molecule has 1 aliphatic heterocycles. The third-order valence-corrected chi connectivity index (χ3v) is 4.50. The standard InChI is InChI=1S/C13H13BN2O4S/c1-9-4-5-15-13(6-9)21(18,19)16-11-3-2-10-8-20-14(17)12(10)7-11/h2-7,16-17H,8H2,1H3. The molecule has 1 aliphatic rings. The summed E-state index contributed by atoms with van der Waals surface area (Å²) in [6, 6.07) is 8.15. The highest BCUT2D eigenvalue weighted by atomic mass is 32.2. The van der Waals surface area contributed by atoms with Crippen molar-refractivity contribution in [3.63, 3.8) is 0 Å². The van der Waals surface area contributed by atoms with Crippen LogP contribution in [0.15, 0.2) is 41.6 Å². The van der Waals surface area contributed by atoms with Crippen molar-refractivity contribution < 1.29 is 18.1 Å². The molecule has 2 aromatic rings. The summed E-state index contributed by atoms with van der Waals surface area (Å²) in [7, 11) is -4.77. The minimum absolute atomic E-state index is 0.0419. The number of benzene rings is 1. The van der Waals surface area contributed by atoms with Crippen molar-refractivity contribution in [3.8, 4) is 0 Å². The Morgan fingerprint density at radius 2 is 2.14 bits per heavy atom. The van der Waals surface area contributed by atoms with Crippen molar-refractivity contribution in [2.24, 2.45) is 0 Å².